The van der Waals surface area contributed by atoms with E-state index in [9.17, 15) is 9.90 Å². The molecule has 5 rings (SSSR count). The van der Waals surface area contributed by atoms with E-state index < -0.39 is 11.4 Å². The first-order valence-electron chi connectivity index (χ1n) is 12.4. The summed E-state index contributed by atoms with van der Waals surface area (Å²) in [5.74, 6) is -0.789. The Hall–Kier alpha value is -2.63. The number of benzene rings is 2. The van der Waals surface area contributed by atoms with Gasteiger partial charge in [0.2, 0.25) is 0 Å². The van der Waals surface area contributed by atoms with Crippen molar-refractivity contribution in [1.29, 1.82) is 0 Å². The van der Waals surface area contributed by atoms with E-state index in [4.69, 9.17) is 0 Å². The minimum Gasteiger partial charge on any atom is -0.480 e. The Kier molecular flexibility index (Phi) is 6.26. The number of para-hydroxylation sites is 1. The summed E-state index contributed by atoms with van der Waals surface area (Å²) in [7, 11) is 0. The number of hydrogen-bond acceptors (Lipinski definition) is 4. The van der Waals surface area contributed by atoms with Crippen molar-refractivity contribution in [3.05, 3.63) is 71.3 Å². The number of rotatable bonds is 5. The van der Waals surface area contributed by atoms with Gasteiger partial charge in [0.15, 0.2) is 0 Å². The van der Waals surface area contributed by atoms with Crippen LogP contribution in [0.15, 0.2) is 60.2 Å². The van der Waals surface area contributed by atoms with E-state index in [1.54, 1.807) is 0 Å². The summed E-state index contributed by atoms with van der Waals surface area (Å²) in [6, 6.07) is 18.7. The van der Waals surface area contributed by atoms with E-state index in [0.717, 1.165) is 41.2 Å². The SMILES string of the molecule is CC1(C(=O)O)C(CN2CCC(N3CCCCC3)CC2)=C(c2ccccc2)Nc2ccccc21. The monoisotopic (exact) mass is 445 g/mol. The molecule has 3 aliphatic heterocycles. The van der Waals surface area contributed by atoms with Gasteiger partial charge in [0.1, 0.15) is 5.41 Å². The number of aliphatic carboxylic acids is 1. The fourth-order valence-corrected chi connectivity index (χ4v) is 5.93. The summed E-state index contributed by atoms with van der Waals surface area (Å²) in [6.45, 7) is 7.07. The molecule has 2 aromatic rings. The molecule has 2 fully saturated rings. The van der Waals surface area contributed by atoms with Crippen molar-refractivity contribution in [3.63, 3.8) is 0 Å². The maximum Gasteiger partial charge on any atom is 0.318 e. The zero-order valence-electron chi connectivity index (χ0n) is 19.6. The van der Waals surface area contributed by atoms with Gasteiger partial charge in [0.25, 0.3) is 0 Å². The highest BCUT2D eigenvalue weighted by Crippen LogP contribution is 2.45. The number of carboxylic acid groups (broad SMARTS) is 1. The molecule has 1 atom stereocenters. The molecule has 3 aliphatic rings. The van der Waals surface area contributed by atoms with Gasteiger partial charge in [-0.1, -0.05) is 55.0 Å². The van der Waals surface area contributed by atoms with Gasteiger partial charge in [-0.25, -0.2) is 0 Å². The van der Waals surface area contributed by atoms with E-state index in [-0.39, 0.29) is 0 Å². The van der Waals surface area contributed by atoms with Crippen LogP contribution in [-0.2, 0) is 10.2 Å². The van der Waals surface area contributed by atoms with Crippen molar-refractivity contribution in [1.82, 2.24) is 9.80 Å². The molecule has 2 aromatic carbocycles. The van der Waals surface area contributed by atoms with Crippen molar-refractivity contribution in [2.75, 3.05) is 38.0 Å². The molecule has 5 heteroatoms. The minimum atomic E-state index is -1.07. The van der Waals surface area contributed by atoms with Gasteiger partial charge >= 0.3 is 5.97 Å². The fourth-order valence-electron chi connectivity index (χ4n) is 5.93. The van der Waals surface area contributed by atoms with Crippen LogP contribution in [0.1, 0.15) is 50.2 Å². The summed E-state index contributed by atoms with van der Waals surface area (Å²) in [5.41, 5.74) is 3.59. The number of anilines is 1. The molecule has 0 bridgehead atoms. The van der Waals surface area contributed by atoms with Crippen LogP contribution >= 0.6 is 0 Å². The second-order valence-corrected chi connectivity index (χ2v) is 9.92. The lowest BCUT2D eigenvalue weighted by atomic mass is 9.71. The first-order valence-corrected chi connectivity index (χ1v) is 12.4. The lowest BCUT2D eigenvalue weighted by molar-refractivity contribution is -0.141. The first-order chi connectivity index (χ1) is 16.1. The molecule has 0 saturated carbocycles. The van der Waals surface area contributed by atoms with Gasteiger partial charge in [-0.2, -0.15) is 0 Å². The number of piperidine rings is 2. The van der Waals surface area contributed by atoms with Crippen LogP contribution in [-0.4, -0.2) is 59.6 Å². The van der Waals surface area contributed by atoms with E-state index in [0.29, 0.717) is 12.6 Å². The minimum absolute atomic E-state index is 0.668. The second-order valence-electron chi connectivity index (χ2n) is 9.92. The van der Waals surface area contributed by atoms with Gasteiger partial charge < -0.3 is 15.3 Å². The average molecular weight is 446 g/mol. The predicted octanol–water partition coefficient (Wildman–Crippen LogP) is 4.82. The molecular weight excluding hydrogens is 410 g/mol. The molecule has 5 nitrogen and oxygen atoms in total. The Morgan fingerprint density at radius 1 is 0.970 bits per heavy atom. The molecule has 1 unspecified atom stereocenters. The van der Waals surface area contributed by atoms with Crippen molar-refractivity contribution < 1.29 is 9.90 Å². The van der Waals surface area contributed by atoms with Crippen molar-refractivity contribution in [3.8, 4) is 0 Å². The number of carbonyl (C=O) groups is 1. The van der Waals surface area contributed by atoms with Crippen LogP contribution in [0.3, 0.4) is 0 Å². The fraction of sp³-hybridized carbons (Fsp3) is 0.464. The van der Waals surface area contributed by atoms with E-state index >= 15 is 0 Å². The largest absolute Gasteiger partial charge is 0.480 e. The Morgan fingerprint density at radius 2 is 1.64 bits per heavy atom. The van der Waals surface area contributed by atoms with Crippen molar-refractivity contribution in [2.24, 2.45) is 0 Å². The standard InChI is InChI=1S/C28H35N3O2/c1-28(27(32)33)23-12-6-7-13-25(23)29-26(21-10-4-2-5-11-21)24(28)20-30-18-14-22(15-19-30)31-16-8-3-9-17-31/h2,4-7,10-13,22,29H,3,8-9,14-20H2,1H3,(H,32,33). The van der Waals surface area contributed by atoms with Crippen LogP contribution in [0.5, 0.6) is 0 Å². The molecular formula is C28H35N3O2. The normalized spacial score (nSPS) is 24.9. The lowest BCUT2D eigenvalue weighted by Gasteiger charge is -2.43. The van der Waals surface area contributed by atoms with Crippen LogP contribution in [0.4, 0.5) is 5.69 Å². The van der Waals surface area contributed by atoms with Crippen molar-refractivity contribution in [2.45, 2.75) is 50.5 Å². The third-order valence-electron chi connectivity index (χ3n) is 7.97. The van der Waals surface area contributed by atoms with Gasteiger partial charge in [0, 0.05) is 24.0 Å². The molecule has 3 heterocycles. The van der Waals surface area contributed by atoms with E-state index in [1.807, 2.05) is 49.4 Å². The third kappa shape index (κ3) is 4.20. The molecule has 0 radical (unpaired) electrons. The molecule has 2 saturated heterocycles. The Morgan fingerprint density at radius 3 is 2.33 bits per heavy atom. The maximum atomic E-state index is 12.8. The van der Waals surface area contributed by atoms with Crippen LogP contribution < -0.4 is 5.32 Å². The summed E-state index contributed by atoms with van der Waals surface area (Å²) >= 11 is 0. The summed E-state index contributed by atoms with van der Waals surface area (Å²) in [5, 5.41) is 14.1. The number of hydrogen-bond donors (Lipinski definition) is 2. The smallest absolute Gasteiger partial charge is 0.318 e. The molecule has 0 amide bonds. The highest BCUT2D eigenvalue weighted by atomic mass is 16.4. The zero-order valence-corrected chi connectivity index (χ0v) is 19.6. The van der Waals surface area contributed by atoms with E-state index in [2.05, 4.69) is 27.2 Å². The number of nitrogens with one attached hydrogen (secondary N) is 1. The maximum absolute atomic E-state index is 12.8. The van der Waals surface area contributed by atoms with E-state index in [1.165, 1.54) is 45.2 Å². The second kappa shape index (κ2) is 9.32. The molecule has 0 aromatic heterocycles. The molecule has 0 spiro atoms. The van der Waals surface area contributed by atoms with Gasteiger partial charge in [0.05, 0.1) is 0 Å². The Balaban J connectivity index is 1.46. The Bertz CT molecular complexity index is 1020. The van der Waals surface area contributed by atoms with Gasteiger partial charge in [-0.05, 0) is 81.6 Å². The molecule has 33 heavy (non-hydrogen) atoms. The number of carboxylic acids is 1. The first kappa shape index (κ1) is 22.2. The number of nitrogens with zero attached hydrogens (tertiary/aromatic N) is 2. The molecule has 174 valence electrons. The molecule has 2 N–H and O–H groups in total. The lowest BCUT2D eigenvalue weighted by Crippen LogP contribution is -2.49. The number of fused-ring (bicyclic) bond motifs is 1. The highest BCUT2D eigenvalue weighted by Gasteiger charge is 2.46. The zero-order chi connectivity index (χ0) is 22.8. The van der Waals surface area contributed by atoms with Crippen molar-refractivity contribution >= 4 is 17.4 Å². The van der Waals surface area contributed by atoms with Gasteiger partial charge in [-0.3, -0.25) is 9.69 Å². The topological polar surface area (TPSA) is 55.8 Å². The van der Waals surface area contributed by atoms with Crippen LogP contribution in [0.25, 0.3) is 5.70 Å². The third-order valence-corrected chi connectivity index (χ3v) is 7.97. The average Bonchev–Trinajstić information content (AvgIpc) is 2.87. The summed E-state index contributed by atoms with van der Waals surface area (Å²) in [4.78, 5) is 18.0. The summed E-state index contributed by atoms with van der Waals surface area (Å²) in [6.07, 6.45) is 6.36. The number of likely N-dealkylation sites (tertiary alicyclic amines) is 2. The predicted molar refractivity (Wildman–Crippen MR) is 133 cm³/mol. The Labute approximate surface area is 197 Å². The summed E-state index contributed by atoms with van der Waals surface area (Å²) < 4.78 is 0. The van der Waals surface area contributed by atoms with Crippen LogP contribution in [0, 0.1) is 0 Å². The quantitative estimate of drug-likeness (QED) is 0.691. The van der Waals surface area contributed by atoms with Crippen LogP contribution in [0.2, 0.25) is 0 Å². The van der Waals surface area contributed by atoms with Gasteiger partial charge in [-0.15, -0.1) is 0 Å². The highest BCUT2D eigenvalue weighted by molar-refractivity contribution is 5.97. The molecule has 0 aliphatic carbocycles.